The highest BCUT2D eigenvalue weighted by molar-refractivity contribution is 6.25. The van der Waals surface area contributed by atoms with Crippen molar-refractivity contribution in [1.29, 1.82) is 0 Å². The number of nitrogens with zero attached hydrogens (tertiary/aromatic N) is 3. The van der Waals surface area contributed by atoms with Crippen molar-refractivity contribution in [2.45, 2.75) is 0 Å². The van der Waals surface area contributed by atoms with Crippen LogP contribution in [0.25, 0.3) is 10.8 Å². The van der Waals surface area contributed by atoms with Crippen LogP contribution in [0.4, 0.5) is 5.69 Å². The van der Waals surface area contributed by atoms with Gasteiger partial charge in [-0.3, -0.25) is 9.59 Å². The van der Waals surface area contributed by atoms with Crippen LogP contribution in [0, 0.1) is 0 Å². The Kier molecular flexibility index (Phi) is 3.77. The molecule has 0 saturated carbocycles. The number of anilines is 1. The molecule has 4 rings (SSSR count). The molecule has 0 saturated heterocycles. The van der Waals surface area contributed by atoms with Crippen LogP contribution in [0.5, 0.6) is 0 Å². The molecule has 5 heteroatoms. The Labute approximate surface area is 151 Å². The van der Waals surface area contributed by atoms with Crippen LogP contribution in [0.1, 0.15) is 26.3 Å². The summed E-state index contributed by atoms with van der Waals surface area (Å²) in [6, 6.07) is 18.6. The minimum atomic E-state index is -0.402. The fourth-order valence-electron chi connectivity index (χ4n) is 3.11. The number of carbonyl (C=O) groups excluding carboxylic acids is 2. The number of rotatable bonds is 3. The Bertz CT molecular complexity index is 1000. The zero-order chi connectivity index (χ0) is 18.3. The van der Waals surface area contributed by atoms with Crippen LogP contribution < -0.4 is 4.90 Å². The highest BCUT2D eigenvalue weighted by atomic mass is 16.2. The van der Waals surface area contributed by atoms with E-state index in [4.69, 9.17) is 0 Å². The first-order valence-corrected chi connectivity index (χ1v) is 8.28. The Morgan fingerprint density at radius 2 is 1.42 bits per heavy atom. The third-order valence-electron chi connectivity index (χ3n) is 4.48. The smallest absolute Gasteiger partial charge is 0.282 e. The molecule has 3 aromatic rings. The van der Waals surface area contributed by atoms with Crippen LogP contribution >= 0.6 is 0 Å². The van der Waals surface area contributed by atoms with Gasteiger partial charge in [-0.05, 0) is 35.2 Å². The molecule has 3 aromatic carbocycles. The Hall–Kier alpha value is -3.47. The molecule has 0 N–H and O–H groups in total. The van der Waals surface area contributed by atoms with Gasteiger partial charge in [0.1, 0.15) is 0 Å². The third kappa shape index (κ3) is 2.54. The molecular formula is C21H17N3O2. The zero-order valence-corrected chi connectivity index (χ0v) is 14.5. The van der Waals surface area contributed by atoms with E-state index in [1.165, 1.54) is 6.21 Å². The van der Waals surface area contributed by atoms with E-state index in [0.717, 1.165) is 21.6 Å². The molecule has 0 spiro atoms. The summed E-state index contributed by atoms with van der Waals surface area (Å²) in [4.78, 5) is 27.5. The fraction of sp³-hybridized carbons (Fsp3) is 0.0952. The molecular weight excluding hydrogens is 326 g/mol. The Morgan fingerprint density at radius 1 is 0.846 bits per heavy atom. The molecule has 0 fully saturated rings. The zero-order valence-electron chi connectivity index (χ0n) is 14.5. The molecule has 1 aliphatic rings. The van der Waals surface area contributed by atoms with Gasteiger partial charge < -0.3 is 4.90 Å². The molecule has 128 valence electrons. The van der Waals surface area contributed by atoms with Crippen molar-refractivity contribution in [3.8, 4) is 0 Å². The molecule has 0 unspecified atom stereocenters. The Balaban J connectivity index is 1.70. The van der Waals surface area contributed by atoms with Gasteiger partial charge in [0.2, 0.25) is 0 Å². The van der Waals surface area contributed by atoms with Crippen LogP contribution in [0.15, 0.2) is 65.8 Å². The number of hydrogen-bond acceptors (Lipinski definition) is 4. The largest absolute Gasteiger partial charge is 0.378 e. The SMILES string of the molecule is CN(C)c1ccc(/C=N/N2C(=O)c3cccc4cccc(c34)C2=O)cc1. The van der Waals surface area contributed by atoms with Crippen molar-refractivity contribution in [2.75, 3.05) is 19.0 Å². The first kappa shape index (κ1) is 16.0. The number of imide groups is 1. The molecule has 26 heavy (non-hydrogen) atoms. The third-order valence-corrected chi connectivity index (χ3v) is 4.48. The van der Waals surface area contributed by atoms with Crippen molar-refractivity contribution >= 4 is 34.5 Å². The standard InChI is InChI=1S/C21H17N3O2/c1-23(2)16-11-9-14(10-12-16)13-22-24-20(25)17-7-3-5-15-6-4-8-18(19(15)17)21(24)26/h3-13H,1-2H3/b22-13+. The summed E-state index contributed by atoms with van der Waals surface area (Å²) >= 11 is 0. The summed E-state index contributed by atoms with van der Waals surface area (Å²) < 4.78 is 0. The summed E-state index contributed by atoms with van der Waals surface area (Å²) in [6.07, 6.45) is 1.53. The number of benzene rings is 3. The maximum Gasteiger partial charge on any atom is 0.282 e. The van der Waals surface area contributed by atoms with Crippen molar-refractivity contribution in [2.24, 2.45) is 5.10 Å². The van der Waals surface area contributed by atoms with Crippen LogP contribution in [0.2, 0.25) is 0 Å². The quantitative estimate of drug-likeness (QED) is 0.540. The lowest BCUT2D eigenvalue weighted by Crippen LogP contribution is -2.36. The number of hydrazone groups is 1. The van der Waals surface area contributed by atoms with E-state index in [2.05, 4.69) is 5.10 Å². The van der Waals surface area contributed by atoms with Gasteiger partial charge in [-0.2, -0.15) is 10.1 Å². The maximum absolute atomic E-state index is 12.8. The second-order valence-electron chi connectivity index (χ2n) is 6.36. The number of hydrogen-bond donors (Lipinski definition) is 0. The summed E-state index contributed by atoms with van der Waals surface area (Å²) in [5.41, 5.74) is 2.87. The normalized spacial score (nSPS) is 13.7. The summed E-state index contributed by atoms with van der Waals surface area (Å²) in [5, 5.41) is 6.69. The van der Waals surface area contributed by atoms with Gasteiger partial charge in [-0.25, -0.2) is 0 Å². The summed E-state index contributed by atoms with van der Waals surface area (Å²) in [7, 11) is 3.93. The summed E-state index contributed by atoms with van der Waals surface area (Å²) in [5.74, 6) is -0.805. The van der Waals surface area contributed by atoms with E-state index in [-0.39, 0.29) is 0 Å². The lowest BCUT2D eigenvalue weighted by atomic mass is 9.95. The van der Waals surface area contributed by atoms with Gasteiger partial charge in [0.25, 0.3) is 11.8 Å². The average molecular weight is 343 g/mol. The van der Waals surface area contributed by atoms with Crippen LogP contribution in [-0.2, 0) is 0 Å². The lowest BCUT2D eigenvalue weighted by molar-refractivity contribution is 0.0616. The van der Waals surface area contributed by atoms with Crippen LogP contribution in [-0.4, -0.2) is 37.1 Å². The molecule has 1 aliphatic heterocycles. The van der Waals surface area contributed by atoms with Gasteiger partial charge in [0, 0.05) is 25.2 Å². The molecule has 2 amide bonds. The minimum absolute atomic E-state index is 0.402. The van der Waals surface area contributed by atoms with Crippen molar-refractivity contribution < 1.29 is 9.59 Å². The van der Waals surface area contributed by atoms with E-state index in [9.17, 15) is 9.59 Å². The van der Waals surface area contributed by atoms with Crippen molar-refractivity contribution in [3.63, 3.8) is 0 Å². The second-order valence-corrected chi connectivity index (χ2v) is 6.36. The van der Waals surface area contributed by atoms with Gasteiger partial charge >= 0.3 is 0 Å². The van der Waals surface area contributed by atoms with E-state index in [1.807, 2.05) is 67.5 Å². The molecule has 0 aliphatic carbocycles. The first-order chi connectivity index (χ1) is 12.6. The first-order valence-electron chi connectivity index (χ1n) is 8.28. The molecule has 0 atom stereocenters. The molecule has 0 radical (unpaired) electrons. The topological polar surface area (TPSA) is 53.0 Å². The maximum atomic E-state index is 12.8. The predicted octanol–water partition coefficient (Wildman–Crippen LogP) is 3.54. The van der Waals surface area contributed by atoms with Gasteiger partial charge in [0.15, 0.2) is 0 Å². The monoisotopic (exact) mass is 343 g/mol. The van der Waals surface area contributed by atoms with Gasteiger partial charge in [-0.15, -0.1) is 0 Å². The van der Waals surface area contributed by atoms with Gasteiger partial charge in [0.05, 0.1) is 17.3 Å². The molecule has 5 nitrogen and oxygen atoms in total. The molecule has 1 heterocycles. The van der Waals surface area contributed by atoms with E-state index in [1.54, 1.807) is 12.1 Å². The number of carbonyl (C=O) groups is 2. The second kappa shape index (κ2) is 6.11. The van der Waals surface area contributed by atoms with E-state index in [0.29, 0.717) is 16.5 Å². The molecule has 0 bridgehead atoms. The highest BCUT2D eigenvalue weighted by Crippen LogP contribution is 2.30. The molecule has 0 aromatic heterocycles. The summed E-state index contributed by atoms with van der Waals surface area (Å²) in [6.45, 7) is 0. The highest BCUT2D eigenvalue weighted by Gasteiger charge is 2.32. The fourth-order valence-corrected chi connectivity index (χ4v) is 3.11. The number of amides is 2. The minimum Gasteiger partial charge on any atom is -0.378 e. The average Bonchev–Trinajstić information content (AvgIpc) is 2.66. The van der Waals surface area contributed by atoms with Crippen molar-refractivity contribution in [3.05, 3.63) is 77.4 Å². The predicted molar refractivity (Wildman–Crippen MR) is 103 cm³/mol. The van der Waals surface area contributed by atoms with Crippen LogP contribution in [0.3, 0.4) is 0 Å². The van der Waals surface area contributed by atoms with E-state index >= 15 is 0 Å². The van der Waals surface area contributed by atoms with Crippen molar-refractivity contribution in [1.82, 2.24) is 5.01 Å². The van der Waals surface area contributed by atoms with E-state index < -0.39 is 11.8 Å². The Morgan fingerprint density at radius 3 is 1.96 bits per heavy atom. The van der Waals surface area contributed by atoms with Gasteiger partial charge in [-0.1, -0.05) is 36.4 Å². The lowest BCUT2D eigenvalue weighted by Gasteiger charge is -2.23.